The third-order valence-electron chi connectivity index (χ3n) is 4.03. The Labute approximate surface area is 139 Å². The van der Waals surface area contributed by atoms with E-state index in [1.807, 2.05) is 32.0 Å². The van der Waals surface area contributed by atoms with Crippen molar-refractivity contribution in [2.75, 3.05) is 25.5 Å². The van der Waals surface area contributed by atoms with Crippen LogP contribution < -0.4 is 11.1 Å². The summed E-state index contributed by atoms with van der Waals surface area (Å²) in [4.78, 5) is 25.6. The molecule has 0 bridgehead atoms. The van der Waals surface area contributed by atoms with Gasteiger partial charge in [0.25, 0.3) is 0 Å². The molecule has 2 amide bonds. The molecule has 0 saturated heterocycles. The maximum absolute atomic E-state index is 12.1. The number of carbonyl (C=O) groups is 2. The SMILES string of the molecule is Cc1cccc(NC(=O)CN(C)C(=O)CCCCCCN)c1C. The minimum absolute atomic E-state index is 0.00821. The summed E-state index contributed by atoms with van der Waals surface area (Å²) in [5.74, 6) is -0.161. The van der Waals surface area contributed by atoms with E-state index in [0.717, 1.165) is 42.5 Å². The van der Waals surface area contributed by atoms with Gasteiger partial charge >= 0.3 is 0 Å². The van der Waals surface area contributed by atoms with Crippen molar-refractivity contribution in [2.45, 2.75) is 46.0 Å². The number of nitrogens with one attached hydrogen (secondary N) is 1. The zero-order valence-corrected chi connectivity index (χ0v) is 14.5. The Morgan fingerprint density at radius 3 is 2.52 bits per heavy atom. The summed E-state index contributed by atoms with van der Waals surface area (Å²) in [5, 5.41) is 2.87. The highest BCUT2D eigenvalue weighted by Gasteiger charge is 2.13. The molecule has 0 aliphatic rings. The van der Waals surface area contributed by atoms with Crippen LogP contribution in [0.4, 0.5) is 5.69 Å². The van der Waals surface area contributed by atoms with E-state index in [1.165, 1.54) is 4.90 Å². The molecule has 0 aromatic heterocycles. The number of benzene rings is 1. The van der Waals surface area contributed by atoms with Crippen LogP contribution >= 0.6 is 0 Å². The average Bonchev–Trinajstić information content (AvgIpc) is 2.51. The van der Waals surface area contributed by atoms with Gasteiger partial charge in [0.15, 0.2) is 0 Å². The van der Waals surface area contributed by atoms with Gasteiger partial charge in [-0.1, -0.05) is 25.0 Å². The lowest BCUT2D eigenvalue weighted by molar-refractivity contribution is -0.133. The van der Waals surface area contributed by atoms with E-state index in [9.17, 15) is 9.59 Å². The third-order valence-corrected chi connectivity index (χ3v) is 4.03. The highest BCUT2D eigenvalue weighted by atomic mass is 16.2. The molecule has 0 radical (unpaired) electrons. The summed E-state index contributed by atoms with van der Waals surface area (Å²) in [6, 6.07) is 5.79. The van der Waals surface area contributed by atoms with Crippen LogP contribution in [-0.2, 0) is 9.59 Å². The van der Waals surface area contributed by atoms with E-state index in [0.29, 0.717) is 13.0 Å². The van der Waals surface area contributed by atoms with Crippen molar-refractivity contribution < 1.29 is 9.59 Å². The van der Waals surface area contributed by atoms with Crippen LogP contribution in [0.25, 0.3) is 0 Å². The first-order valence-electron chi connectivity index (χ1n) is 8.25. The first-order chi connectivity index (χ1) is 11.0. The van der Waals surface area contributed by atoms with Crippen molar-refractivity contribution in [1.29, 1.82) is 0 Å². The maximum atomic E-state index is 12.1. The molecule has 1 aromatic rings. The number of nitrogens with two attached hydrogens (primary N) is 1. The lowest BCUT2D eigenvalue weighted by Gasteiger charge is -2.17. The van der Waals surface area contributed by atoms with Crippen LogP contribution in [0.5, 0.6) is 0 Å². The number of rotatable bonds is 9. The number of hydrogen-bond acceptors (Lipinski definition) is 3. The molecule has 3 N–H and O–H groups in total. The molecule has 0 aliphatic heterocycles. The standard InChI is InChI=1S/C18H29N3O2/c1-14-9-8-10-16(15(14)2)20-17(22)13-21(3)18(23)11-6-4-5-7-12-19/h8-10H,4-7,11-13,19H2,1-3H3,(H,20,22). The maximum Gasteiger partial charge on any atom is 0.243 e. The zero-order chi connectivity index (χ0) is 17.2. The third kappa shape index (κ3) is 6.82. The minimum Gasteiger partial charge on any atom is -0.336 e. The van der Waals surface area contributed by atoms with Crippen molar-refractivity contribution in [1.82, 2.24) is 4.90 Å². The van der Waals surface area contributed by atoms with Gasteiger partial charge in [0, 0.05) is 19.2 Å². The Hall–Kier alpha value is -1.88. The Morgan fingerprint density at radius 2 is 1.83 bits per heavy atom. The normalized spacial score (nSPS) is 10.4. The van der Waals surface area contributed by atoms with E-state index in [-0.39, 0.29) is 18.4 Å². The minimum atomic E-state index is -0.169. The van der Waals surface area contributed by atoms with Gasteiger partial charge in [0.1, 0.15) is 0 Å². The molecule has 0 heterocycles. The van der Waals surface area contributed by atoms with Crippen LogP contribution in [0, 0.1) is 13.8 Å². The quantitative estimate of drug-likeness (QED) is 0.687. The molecule has 23 heavy (non-hydrogen) atoms. The van der Waals surface area contributed by atoms with Gasteiger partial charge < -0.3 is 16.0 Å². The summed E-state index contributed by atoms with van der Waals surface area (Å²) < 4.78 is 0. The van der Waals surface area contributed by atoms with E-state index < -0.39 is 0 Å². The molecule has 0 spiro atoms. The predicted octanol–water partition coefficient (Wildman–Crippen LogP) is 2.61. The van der Waals surface area contributed by atoms with Gasteiger partial charge in [0.05, 0.1) is 6.54 Å². The molecule has 1 aromatic carbocycles. The van der Waals surface area contributed by atoms with Gasteiger partial charge in [-0.05, 0) is 50.4 Å². The van der Waals surface area contributed by atoms with Crippen LogP contribution in [0.3, 0.4) is 0 Å². The number of hydrogen-bond donors (Lipinski definition) is 2. The molecular weight excluding hydrogens is 290 g/mol. The molecule has 0 fully saturated rings. The van der Waals surface area contributed by atoms with Gasteiger partial charge in [-0.2, -0.15) is 0 Å². The molecule has 0 unspecified atom stereocenters. The van der Waals surface area contributed by atoms with Gasteiger partial charge in [-0.3, -0.25) is 9.59 Å². The second-order valence-electron chi connectivity index (χ2n) is 6.00. The van der Waals surface area contributed by atoms with E-state index in [1.54, 1.807) is 7.05 Å². The van der Waals surface area contributed by atoms with Gasteiger partial charge in [-0.25, -0.2) is 0 Å². The first kappa shape index (κ1) is 19.2. The summed E-state index contributed by atoms with van der Waals surface area (Å²) in [5.41, 5.74) is 8.42. The number of carbonyl (C=O) groups excluding carboxylic acids is 2. The molecular formula is C18H29N3O2. The van der Waals surface area contributed by atoms with Gasteiger partial charge in [-0.15, -0.1) is 0 Å². The predicted molar refractivity (Wildman–Crippen MR) is 94.3 cm³/mol. The van der Waals surface area contributed by atoms with Crippen LogP contribution in [0.15, 0.2) is 18.2 Å². The number of anilines is 1. The largest absolute Gasteiger partial charge is 0.336 e. The van der Waals surface area contributed by atoms with Gasteiger partial charge in [0.2, 0.25) is 11.8 Å². The summed E-state index contributed by atoms with van der Waals surface area (Å²) in [7, 11) is 1.67. The van der Waals surface area contributed by atoms with Crippen molar-refractivity contribution in [3.8, 4) is 0 Å². The Kier molecular flexibility index (Phi) is 8.33. The Balaban J connectivity index is 2.38. The molecule has 5 nitrogen and oxygen atoms in total. The van der Waals surface area contributed by atoms with Crippen molar-refractivity contribution >= 4 is 17.5 Å². The summed E-state index contributed by atoms with van der Waals surface area (Å²) in [6.45, 7) is 4.76. The number of unbranched alkanes of at least 4 members (excludes halogenated alkanes) is 3. The molecule has 128 valence electrons. The molecule has 5 heteroatoms. The lowest BCUT2D eigenvalue weighted by Crippen LogP contribution is -2.34. The molecule has 0 saturated carbocycles. The number of nitrogens with zero attached hydrogens (tertiary/aromatic N) is 1. The zero-order valence-electron chi connectivity index (χ0n) is 14.5. The van der Waals surface area contributed by atoms with E-state index in [4.69, 9.17) is 5.73 Å². The van der Waals surface area contributed by atoms with E-state index in [2.05, 4.69) is 5.32 Å². The highest BCUT2D eigenvalue weighted by Crippen LogP contribution is 2.17. The number of likely N-dealkylation sites (N-methyl/N-ethyl adjacent to an activating group) is 1. The molecule has 1 rings (SSSR count). The topological polar surface area (TPSA) is 75.4 Å². The second kappa shape index (κ2) is 10.0. The second-order valence-corrected chi connectivity index (χ2v) is 6.00. The fourth-order valence-corrected chi connectivity index (χ4v) is 2.34. The monoisotopic (exact) mass is 319 g/mol. The Morgan fingerprint density at radius 1 is 1.13 bits per heavy atom. The van der Waals surface area contributed by atoms with Crippen LogP contribution in [0.2, 0.25) is 0 Å². The average molecular weight is 319 g/mol. The summed E-state index contributed by atoms with van der Waals surface area (Å²) >= 11 is 0. The number of amides is 2. The molecule has 0 aliphatic carbocycles. The molecule has 0 atom stereocenters. The van der Waals surface area contributed by atoms with Crippen LogP contribution in [0.1, 0.15) is 43.2 Å². The highest BCUT2D eigenvalue weighted by molar-refractivity contribution is 5.95. The fourth-order valence-electron chi connectivity index (χ4n) is 2.34. The smallest absolute Gasteiger partial charge is 0.243 e. The van der Waals surface area contributed by atoms with Crippen molar-refractivity contribution in [3.05, 3.63) is 29.3 Å². The van der Waals surface area contributed by atoms with E-state index >= 15 is 0 Å². The summed E-state index contributed by atoms with van der Waals surface area (Å²) in [6.07, 6.45) is 4.40. The van der Waals surface area contributed by atoms with Crippen molar-refractivity contribution in [2.24, 2.45) is 5.73 Å². The lowest BCUT2D eigenvalue weighted by atomic mass is 10.1. The van der Waals surface area contributed by atoms with Crippen LogP contribution in [-0.4, -0.2) is 36.9 Å². The Bertz CT molecular complexity index is 529. The van der Waals surface area contributed by atoms with Crippen molar-refractivity contribution in [3.63, 3.8) is 0 Å². The fraction of sp³-hybridized carbons (Fsp3) is 0.556. The number of aryl methyl sites for hydroxylation is 1. The first-order valence-corrected chi connectivity index (χ1v) is 8.25.